The number of rotatable bonds is 0. The van der Waals surface area contributed by atoms with Gasteiger partial charge in [0.05, 0.1) is 0 Å². The van der Waals surface area contributed by atoms with Gasteiger partial charge in [0, 0.05) is 12.2 Å². The minimum Gasteiger partial charge on any atom is -0.381 e. The van der Waals surface area contributed by atoms with Crippen LogP contribution in [-0.4, -0.2) is 6.54 Å². The fraction of sp³-hybridized carbons (Fsp3) is 0.111. The highest BCUT2D eigenvalue weighted by Gasteiger charge is 1.98. The molecule has 1 aliphatic rings. The molecular formula is C9H9N. The fourth-order valence-electron chi connectivity index (χ4n) is 1.10. The third-order valence-electron chi connectivity index (χ3n) is 1.60. The summed E-state index contributed by atoms with van der Waals surface area (Å²) in [6, 6.07) is 7.93. The van der Waals surface area contributed by atoms with Gasteiger partial charge in [-0.15, -0.1) is 0 Å². The molecule has 10 heavy (non-hydrogen) atoms. The molecule has 0 atom stereocenters. The molecule has 0 unspecified atom stereocenters. The molecular weight excluding hydrogens is 122 g/mol. The Morgan fingerprint density at radius 3 is 3.20 bits per heavy atom. The van der Waals surface area contributed by atoms with Crippen molar-refractivity contribution in [3.8, 4) is 0 Å². The van der Waals surface area contributed by atoms with Gasteiger partial charge in [-0.2, -0.15) is 0 Å². The quantitative estimate of drug-likeness (QED) is 0.570. The molecule has 0 bridgehead atoms. The van der Waals surface area contributed by atoms with Crippen LogP contribution in [0.15, 0.2) is 30.3 Å². The van der Waals surface area contributed by atoms with E-state index in [2.05, 4.69) is 6.08 Å². The molecule has 50 valence electrons. The summed E-state index contributed by atoms with van der Waals surface area (Å²) >= 11 is 0. The lowest BCUT2D eigenvalue weighted by atomic mass is 10.1. The lowest BCUT2D eigenvalue weighted by Crippen LogP contribution is -2.03. The SMILES string of the molecule is [2H]N1CC=Cc2ccccc21. The predicted octanol–water partition coefficient (Wildman–Crippen LogP) is 2.13. The van der Waals surface area contributed by atoms with E-state index in [9.17, 15) is 0 Å². The number of fused-ring (bicyclic) bond motifs is 1. The highest BCUT2D eigenvalue weighted by atomic mass is 14.9. The van der Waals surface area contributed by atoms with Crippen molar-refractivity contribution in [2.24, 2.45) is 0 Å². The van der Waals surface area contributed by atoms with Crippen molar-refractivity contribution in [1.82, 2.24) is 0 Å². The second-order valence-electron chi connectivity index (χ2n) is 2.30. The van der Waals surface area contributed by atoms with E-state index >= 15 is 0 Å². The molecule has 1 heteroatoms. The first-order valence-electron chi connectivity index (χ1n) is 3.84. The zero-order valence-electron chi connectivity index (χ0n) is 6.62. The van der Waals surface area contributed by atoms with E-state index < -0.39 is 0 Å². The minimum atomic E-state index is 0.691. The maximum atomic E-state index is 7.54. The average Bonchev–Trinajstić information content (AvgIpc) is 2.06. The van der Waals surface area contributed by atoms with Crippen molar-refractivity contribution < 1.29 is 1.41 Å². The lowest BCUT2D eigenvalue weighted by molar-refractivity contribution is 1.31. The van der Waals surface area contributed by atoms with Crippen LogP contribution in [0.25, 0.3) is 6.08 Å². The molecule has 1 N–H and O–H groups in total. The number of hydrogen-bond acceptors (Lipinski definition) is 1. The summed E-state index contributed by atoms with van der Waals surface area (Å²) in [6.07, 6.45) is 4.05. The predicted molar refractivity (Wildman–Crippen MR) is 44.0 cm³/mol. The summed E-state index contributed by atoms with van der Waals surface area (Å²) in [5, 5.41) is 1.50. The van der Waals surface area contributed by atoms with E-state index in [0.717, 1.165) is 11.3 Å². The summed E-state index contributed by atoms with van der Waals surface area (Å²) in [5.74, 6) is 0. The molecule has 0 amide bonds. The first-order chi connectivity index (χ1) is 5.38. The molecule has 2 rings (SSSR count). The van der Waals surface area contributed by atoms with Crippen molar-refractivity contribution in [3.63, 3.8) is 0 Å². The lowest BCUT2D eigenvalue weighted by Gasteiger charge is -2.11. The van der Waals surface area contributed by atoms with E-state index in [1.807, 2.05) is 30.3 Å². The molecule has 0 saturated heterocycles. The summed E-state index contributed by atoms with van der Waals surface area (Å²) in [7, 11) is 0. The number of para-hydroxylation sites is 1. The zero-order chi connectivity index (χ0) is 7.68. The first-order valence-corrected chi connectivity index (χ1v) is 3.40. The standard InChI is InChI=1S/C9H9N/c1-2-6-9-8(4-1)5-3-7-10-9/h1-6,10H,7H2/i/hD. The van der Waals surface area contributed by atoms with Crippen LogP contribution in [0, 0.1) is 0 Å². The second kappa shape index (κ2) is 2.18. The zero-order valence-corrected chi connectivity index (χ0v) is 5.62. The Morgan fingerprint density at radius 1 is 1.40 bits per heavy atom. The molecule has 1 aliphatic heterocycles. The Bertz CT molecular complexity index is 293. The van der Waals surface area contributed by atoms with Gasteiger partial charge in [-0.05, 0) is 11.6 Å². The maximum absolute atomic E-state index is 7.54. The van der Waals surface area contributed by atoms with E-state index in [1.54, 1.807) is 0 Å². The molecule has 0 spiro atoms. The molecule has 1 nitrogen and oxygen atoms in total. The molecule has 0 saturated carbocycles. The van der Waals surface area contributed by atoms with Crippen LogP contribution >= 0.6 is 0 Å². The Kier molecular flexibility index (Phi) is 0.992. The maximum Gasteiger partial charge on any atom is 0.160 e. The summed E-state index contributed by atoms with van der Waals surface area (Å²) in [4.78, 5) is 0. The van der Waals surface area contributed by atoms with Gasteiger partial charge in [0.2, 0.25) is 0 Å². The Labute approximate surface area is 61.8 Å². The Hall–Kier alpha value is -1.24. The van der Waals surface area contributed by atoms with Crippen molar-refractivity contribution >= 4 is 11.8 Å². The van der Waals surface area contributed by atoms with Crippen LogP contribution in [0.1, 0.15) is 5.56 Å². The van der Waals surface area contributed by atoms with Gasteiger partial charge in [0.1, 0.15) is 0 Å². The number of hydrogen-bond donors (Lipinski definition) is 1. The van der Waals surface area contributed by atoms with Crippen LogP contribution < -0.4 is 5.31 Å². The largest absolute Gasteiger partial charge is 0.381 e. The highest BCUT2D eigenvalue weighted by Crippen LogP contribution is 2.18. The van der Waals surface area contributed by atoms with Crippen molar-refractivity contribution in [3.05, 3.63) is 35.9 Å². The second-order valence-corrected chi connectivity index (χ2v) is 2.30. The molecule has 0 radical (unpaired) electrons. The minimum absolute atomic E-state index is 0.691. The van der Waals surface area contributed by atoms with Gasteiger partial charge < -0.3 is 5.31 Å². The van der Waals surface area contributed by atoms with Gasteiger partial charge >= 0.3 is 0 Å². The fourth-order valence-corrected chi connectivity index (χ4v) is 1.10. The summed E-state index contributed by atoms with van der Waals surface area (Å²) < 4.78 is 7.54. The Morgan fingerprint density at radius 2 is 2.30 bits per heavy atom. The van der Waals surface area contributed by atoms with Gasteiger partial charge in [-0.3, -0.25) is 0 Å². The van der Waals surface area contributed by atoms with Crippen LogP contribution in [0.3, 0.4) is 0 Å². The third-order valence-corrected chi connectivity index (χ3v) is 1.60. The number of anilines is 1. The molecule has 0 aliphatic carbocycles. The Balaban J connectivity index is 2.54. The molecule has 1 heterocycles. The van der Waals surface area contributed by atoms with Crippen LogP contribution in [0.5, 0.6) is 0 Å². The van der Waals surface area contributed by atoms with Crippen molar-refractivity contribution in [2.45, 2.75) is 0 Å². The van der Waals surface area contributed by atoms with Gasteiger partial charge in [-0.25, -0.2) is 0 Å². The summed E-state index contributed by atoms with van der Waals surface area (Å²) in [5.41, 5.74) is 2.13. The molecule has 1 aromatic carbocycles. The van der Waals surface area contributed by atoms with Gasteiger partial charge in [0.15, 0.2) is 1.41 Å². The van der Waals surface area contributed by atoms with E-state index in [0.29, 0.717) is 6.54 Å². The first kappa shape index (κ1) is 4.56. The third kappa shape index (κ3) is 0.798. The topological polar surface area (TPSA) is 12.0 Å². The summed E-state index contributed by atoms with van der Waals surface area (Å²) in [6.45, 7) is 0.691. The number of nitrogens with one attached hydrogen (secondary N) is 1. The van der Waals surface area contributed by atoms with Crippen molar-refractivity contribution in [1.29, 1.82) is 0 Å². The van der Waals surface area contributed by atoms with Crippen LogP contribution in [-0.2, 0) is 0 Å². The smallest absolute Gasteiger partial charge is 0.160 e. The molecule has 0 fully saturated rings. The van der Waals surface area contributed by atoms with E-state index in [-0.39, 0.29) is 0 Å². The average molecular weight is 132 g/mol. The van der Waals surface area contributed by atoms with Crippen LogP contribution in [0.4, 0.5) is 5.69 Å². The monoisotopic (exact) mass is 132 g/mol. The van der Waals surface area contributed by atoms with Gasteiger partial charge in [-0.1, -0.05) is 30.4 Å². The van der Waals surface area contributed by atoms with E-state index in [1.165, 1.54) is 5.31 Å². The van der Waals surface area contributed by atoms with Crippen molar-refractivity contribution in [2.75, 3.05) is 11.9 Å². The van der Waals surface area contributed by atoms with Crippen LogP contribution in [0.2, 0.25) is 1.41 Å². The highest BCUT2D eigenvalue weighted by molar-refractivity contribution is 5.69. The molecule has 1 aromatic rings. The van der Waals surface area contributed by atoms with Gasteiger partial charge in [0.25, 0.3) is 0 Å². The number of benzene rings is 1. The normalized spacial score (nSPS) is 16.4. The van der Waals surface area contributed by atoms with E-state index in [4.69, 9.17) is 1.41 Å². The molecule has 0 aromatic heterocycles.